The molecule has 0 aliphatic rings. The minimum absolute atomic E-state index is 0.00249. The van der Waals surface area contributed by atoms with Gasteiger partial charge in [0.2, 0.25) is 0 Å². The Kier molecular flexibility index (Phi) is 5.37. The van der Waals surface area contributed by atoms with E-state index >= 15 is 0 Å². The van der Waals surface area contributed by atoms with E-state index in [1.807, 2.05) is 25.1 Å². The van der Waals surface area contributed by atoms with E-state index in [9.17, 15) is 9.59 Å². The zero-order valence-electron chi connectivity index (χ0n) is 14.8. The molecule has 1 aromatic heterocycles. The molecular weight excluding hydrogens is 330 g/mol. The van der Waals surface area contributed by atoms with Gasteiger partial charge in [-0.3, -0.25) is 4.79 Å². The zero-order valence-corrected chi connectivity index (χ0v) is 14.8. The van der Waals surface area contributed by atoms with Crippen molar-refractivity contribution in [1.82, 2.24) is 5.32 Å². The van der Waals surface area contributed by atoms with Crippen LogP contribution in [-0.2, 0) is 6.42 Å². The van der Waals surface area contributed by atoms with E-state index in [2.05, 4.69) is 17.4 Å². The van der Waals surface area contributed by atoms with Gasteiger partial charge in [0, 0.05) is 11.4 Å². The molecule has 134 valence electrons. The summed E-state index contributed by atoms with van der Waals surface area (Å²) >= 11 is 0. The van der Waals surface area contributed by atoms with Crippen molar-refractivity contribution in [1.29, 1.82) is 0 Å². The Labute approximate surface area is 151 Å². The predicted molar refractivity (Wildman–Crippen MR) is 101 cm³/mol. The number of ether oxygens (including phenoxy) is 1. The van der Waals surface area contributed by atoms with Gasteiger partial charge in [0.15, 0.2) is 0 Å². The van der Waals surface area contributed by atoms with Crippen LogP contribution >= 0.6 is 0 Å². The first kappa shape index (κ1) is 17.7. The van der Waals surface area contributed by atoms with Crippen LogP contribution < -0.4 is 15.7 Å². The smallest absolute Gasteiger partial charge is 0.349 e. The van der Waals surface area contributed by atoms with Gasteiger partial charge in [-0.2, -0.15) is 0 Å². The van der Waals surface area contributed by atoms with Crippen molar-refractivity contribution >= 4 is 16.9 Å². The Hall–Kier alpha value is -3.08. The van der Waals surface area contributed by atoms with Gasteiger partial charge >= 0.3 is 5.63 Å². The lowest BCUT2D eigenvalue weighted by Crippen LogP contribution is -2.35. The van der Waals surface area contributed by atoms with Gasteiger partial charge < -0.3 is 14.5 Å². The minimum atomic E-state index is -0.643. The second kappa shape index (κ2) is 7.87. The molecular formula is C21H21NO4. The van der Waals surface area contributed by atoms with E-state index in [4.69, 9.17) is 9.15 Å². The summed E-state index contributed by atoms with van der Waals surface area (Å²) in [5.74, 6) is 0.206. The van der Waals surface area contributed by atoms with Crippen LogP contribution in [0.15, 0.2) is 63.8 Å². The van der Waals surface area contributed by atoms with E-state index < -0.39 is 11.5 Å². The van der Waals surface area contributed by atoms with Crippen LogP contribution in [0, 0.1) is 0 Å². The third kappa shape index (κ3) is 4.11. The number of nitrogens with one attached hydrogen (secondary N) is 1. The minimum Gasteiger partial charge on any atom is -0.497 e. The molecule has 1 N–H and O–H groups in total. The summed E-state index contributed by atoms with van der Waals surface area (Å²) in [5, 5.41) is 3.51. The lowest BCUT2D eigenvalue weighted by molar-refractivity contribution is 0.0935. The third-order valence-electron chi connectivity index (χ3n) is 4.27. The molecule has 0 aliphatic carbocycles. The molecule has 26 heavy (non-hydrogen) atoms. The molecule has 1 heterocycles. The Morgan fingerprint density at radius 3 is 2.65 bits per heavy atom. The average molecular weight is 351 g/mol. The highest BCUT2D eigenvalue weighted by Gasteiger charge is 2.16. The summed E-state index contributed by atoms with van der Waals surface area (Å²) in [7, 11) is 1.56. The van der Waals surface area contributed by atoms with E-state index in [0.29, 0.717) is 16.7 Å². The molecule has 2 aromatic carbocycles. The van der Waals surface area contributed by atoms with Gasteiger partial charge in [0.05, 0.1) is 7.11 Å². The molecule has 0 unspecified atom stereocenters. The molecule has 0 saturated carbocycles. The Balaban J connectivity index is 1.72. The highest BCUT2D eigenvalue weighted by molar-refractivity contribution is 5.96. The van der Waals surface area contributed by atoms with Crippen LogP contribution in [0.3, 0.4) is 0 Å². The normalized spacial score (nSPS) is 11.9. The lowest BCUT2D eigenvalue weighted by Gasteiger charge is -2.13. The number of amides is 1. The number of aryl methyl sites for hydroxylation is 1. The summed E-state index contributed by atoms with van der Waals surface area (Å²) in [6.07, 6.45) is 1.63. The second-order valence-corrected chi connectivity index (χ2v) is 6.25. The summed E-state index contributed by atoms with van der Waals surface area (Å²) in [4.78, 5) is 24.6. The molecule has 0 aliphatic heterocycles. The topological polar surface area (TPSA) is 68.5 Å². The van der Waals surface area contributed by atoms with Crippen LogP contribution in [0.5, 0.6) is 5.75 Å². The van der Waals surface area contributed by atoms with E-state index in [-0.39, 0.29) is 11.6 Å². The highest BCUT2D eigenvalue weighted by Crippen LogP contribution is 2.20. The maximum absolute atomic E-state index is 12.5. The van der Waals surface area contributed by atoms with Gasteiger partial charge in [-0.05, 0) is 49.6 Å². The SMILES string of the molecule is COc1ccc2oc(=O)c(C(=O)N[C@H](C)CCc3ccccc3)cc2c1. The standard InChI is InChI=1S/C21H21NO4/c1-14(8-9-15-6-4-3-5-7-15)22-20(23)18-13-16-12-17(25-2)10-11-19(16)26-21(18)24/h3-7,10-14H,8-9H2,1-2H3,(H,22,23)/t14-/m1/s1. The average Bonchev–Trinajstić information content (AvgIpc) is 2.66. The van der Waals surface area contributed by atoms with Crippen molar-refractivity contribution in [3.05, 3.63) is 76.1 Å². The van der Waals surface area contributed by atoms with Crippen molar-refractivity contribution in [2.45, 2.75) is 25.8 Å². The number of fused-ring (bicyclic) bond motifs is 1. The van der Waals surface area contributed by atoms with Gasteiger partial charge in [0.25, 0.3) is 5.91 Å². The van der Waals surface area contributed by atoms with Crippen molar-refractivity contribution in [2.75, 3.05) is 7.11 Å². The Bertz CT molecular complexity index is 963. The predicted octanol–water partition coefficient (Wildman–Crippen LogP) is 3.55. The quantitative estimate of drug-likeness (QED) is 0.690. The number of carbonyl (C=O) groups excluding carboxylic acids is 1. The molecule has 0 radical (unpaired) electrons. The zero-order chi connectivity index (χ0) is 18.5. The van der Waals surface area contributed by atoms with Gasteiger partial charge in [-0.15, -0.1) is 0 Å². The molecule has 1 amide bonds. The molecule has 0 fully saturated rings. The van der Waals surface area contributed by atoms with Crippen LogP contribution in [0.1, 0.15) is 29.3 Å². The van der Waals surface area contributed by atoms with Crippen LogP contribution in [0.25, 0.3) is 11.0 Å². The Morgan fingerprint density at radius 2 is 1.92 bits per heavy atom. The molecule has 5 nitrogen and oxygen atoms in total. The van der Waals surface area contributed by atoms with Gasteiger partial charge in [-0.1, -0.05) is 30.3 Å². The molecule has 1 atom stereocenters. The van der Waals surface area contributed by atoms with Crippen molar-refractivity contribution in [3.8, 4) is 5.75 Å². The number of rotatable bonds is 6. The van der Waals surface area contributed by atoms with Crippen molar-refractivity contribution in [2.24, 2.45) is 0 Å². The van der Waals surface area contributed by atoms with E-state index in [0.717, 1.165) is 12.8 Å². The summed E-state index contributed by atoms with van der Waals surface area (Å²) in [5.41, 5.74) is 0.989. The number of methoxy groups -OCH3 is 1. The molecule has 3 aromatic rings. The van der Waals surface area contributed by atoms with Gasteiger partial charge in [-0.25, -0.2) is 4.79 Å². The Morgan fingerprint density at radius 1 is 1.15 bits per heavy atom. The number of hydrogen-bond acceptors (Lipinski definition) is 4. The molecule has 3 rings (SSSR count). The summed E-state index contributed by atoms with van der Waals surface area (Å²) < 4.78 is 10.4. The third-order valence-corrected chi connectivity index (χ3v) is 4.27. The first-order valence-corrected chi connectivity index (χ1v) is 8.53. The van der Waals surface area contributed by atoms with Gasteiger partial charge in [0.1, 0.15) is 16.9 Å². The molecule has 0 bridgehead atoms. The number of benzene rings is 2. The molecule has 0 spiro atoms. The fourth-order valence-electron chi connectivity index (χ4n) is 2.79. The van der Waals surface area contributed by atoms with E-state index in [1.165, 1.54) is 5.56 Å². The second-order valence-electron chi connectivity index (χ2n) is 6.25. The first-order valence-electron chi connectivity index (χ1n) is 8.53. The summed E-state index contributed by atoms with van der Waals surface area (Å²) in [6, 6.07) is 16.6. The van der Waals surface area contributed by atoms with Crippen LogP contribution in [-0.4, -0.2) is 19.1 Å². The maximum atomic E-state index is 12.5. The maximum Gasteiger partial charge on any atom is 0.349 e. The number of hydrogen-bond donors (Lipinski definition) is 1. The number of carbonyl (C=O) groups is 1. The van der Waals surface area contributed by atoms with E-state index in [1.54, 1.807) is 31.4 Å². The van der Waals surface area contributed by atoms with Crippen LogP contribution in [0.4, 0.5) is 0 Å². The largest absolute Gasteiger partial charge is 0.497 e. The summed E-state index contributed by atoms with van der Waals surface area (Å²) in [6.45, 7) is 1.92. The van der Waals surface area contributed by atoms with Crippen LogP contribution in [0.2, 0.25) is 0 Å². The monoisotopic (exact) mass is 351 g/mol. The highest BCUT2D eigenvalue weighted by atomic mass is 16.5. The van der Waals surface area contributed by atoms with Crippen molar-refractivity contribution < 1.29 is 13.9 Å². The first-order chi connectivity index (χ1) is 12.6. The fraction of sp³-hybridized carbons (Fsp3) is 0.238. The fourth-order valence-corrected chi connectivity index (χ4v) is 2.79. The lowest BCUT2D eigenvalue weighted by atomic mass is 10.1. The molecule has 0 saturated heterocycles. The molecule has 5 heteroatoms. The van der Waals surface area contributed by atoms with Crippen molar-refractivity contribution in [3.63, 3.8) is 0 Å².